The zero-order chi connectivity index (χ0) is 25.7. The van der Waals surface area contributed by atoms with Gasteiger partial charge in [-0.1, -0.05) is 0 Å². The average Bonchev–Trinajstić information content (AvgIpc) is 3.50. The summed E-state index contributed by atoms with van der Waals surface area (Å²) in [4.78, 5) is 16.8. The molecular weight excluding hydrogens is 479 g/mol. The van der Waals surface area contributed by atoms with Crippen LogP contribution in [0.5, 0.6) is 5.75 Å². The molecule has 194 valence electrons. The molecule has 2 fully saturated rings. The summed E-state index contributed by atoms with van der Waals surface area (Å²) in [7, 11) is 1.45. The highest BCUT2D eigenvalue weighted by molar-refractivity contribution is 5.94. The van der Waals surface area contributed by atoms with E-state index in [1.807, 2.05) is 6.07 Å². The third kappa shape index (κ3) is 3.95. The maximum atomic E-state index is 14.4. The van der Waals surface area contributed by atoms with E-state index in [0.717, 1.165) is 46.2 Å². The molecule has 1 aromatic carbocycles. The number of aromatic nitrogens is 4. The number of aromatic amines is 1. The van der Waals surface area contributed by atoms with Crippen molar-refractivity contribution in [2.24, 2.45) is 0 Å². The third-order valence-corrected chi connectivity index (χ3v) is 7.85. The largest absolute Gasteiger partial charge is 0.494 e. The minimum atomic E-state index is -1.21. The van der Waals surface area contributed by atoms with Gasteiger partial charge >= 0.3 is 5.97 Å². The van der Waals surface area contributed by atoms with Gasteiger partial charge in [-0.25, -0.2) is 14.2 Å². The predicted molar refractivity (Wildman–Crippen MR) is 134 cm³/mol. The summed E-state index contributed by atoms with van der Waals surface area (Å²) < 4.78 is 33.6. The molecule has 2 N–H and O–H groups in total. The molecule has 3 aromatic heterocycles. The normalized spacial score (nSPS) is 23.1. The number of carboxylic acid groups (broad SMARTS) is 1. The molecule has 37 heavy (non-hydrogen) atoms. The van der Waals surface area contributed by atoms with Gasteiger partial charge in [-0.15, -0.1) is 0 Å². The van der Waals surface area contributed by atoms with Crippen LogP contribution < -0.4 is 4.74 Å². The van der Waals surface area contributed by atoms with Crippen LogP contribution in [0.4, 0.5) is 4.39 Å². The summed E-state index contributed by atoms with van der Waals surface area (Å²) in [6, 6.07) is 6.93. The summed E-state index contributed by atoms with van der Waals surface area (Å²) in [5.74, 6) is -1.09. The quantitative estimate of drug-likeness (QED) is 0.403. The second-order valence-electron chi connectivity index (χ2n) is 10.1. The monoisotopic (exact) mass is 508 g/mol. The molecule has 0 aliphatic carbocycles. The van der Waals surface area contributed by atoms with Crippen molar-refractivity contribution in [3.05, 3.63) is 47.5 Å². The molecule has 10 heteroatoms. The van der Waals surface area contributed by atoms with Gasteiger partial charge in [0.25, 0.3) is 0 Å². The minimum Gasteiger partial charge on any atom is -0.494 e. The number of carboxylic acids is 1. The van der Waals surface area contributed by atoms with Crippen LogP contribution in [0.25, 0.3) is 27.8 Å². The van der Waals surface area contributed by atoms with Crippen LogP contribution in [-0.2, 0) is 14.3 Å². The maximum absolute atomic E-state index is 14.4. The van der Waals surface area contributed by atoms with Gasteiger partial charge in [0.15, 0.2) is 22.8 Å². The summed E-state index contributed by atoms with van der Waals surface area (Å²) >= 11 is 0. The first-order valence-corrected chi connectivity index (χ1v) is 12.6. The van der Waals surface area contributed by atoms with Gasteiger partial charge in [0.05, 0.1) is 30.9 Å². The first-order valence-electron chi connectivity index (χ1n) is 12.6. The second kappa shape index (κ2) is 9.11. The molecule has 2 atom stereocenters. The third-order valence-electron chi connectivity index (χ3n) is 7.85. The molecule has 0 radical (unpaired) electrons. The van der Waals surface area contributed by atoms with Gasteiger partial charge in [-0.2, -0.15) is 5.10 Å². The number of fused-ring (bicyclic) bond motifs is 2. The number of hydrogen-bond acceptors (Lipinski definition) is 6. The number of rotatable bonds is 5. The lowest BCUT2D eigenvalue weighted by molar-refractivity contribution is -0.170. The first kappa shape index (κ1) is 23.9. The Bertz CT molecular complexity index is 1480. The van der Waals surface area contributed by atoms with E-state index in [0.29, 0.717) is 31.7 Å². The molecule has 6 rings (SSSR count). The Kier molecular flexibility index (Phi) is 5.88. The molecule has 0 spiro atoms. The molecule has 0 bridgehead atoms. The molecule has 2 saturated heterocycles. The number of nitrogens with one attached hydrogen (secondary N) is 1. The summed E-state index contributed by atoms with van der Waals surface area (Å²) in [6.07, 6.45) is 4.44. The minimum absolute atomic E-state index is 0.0516. The SMILES string of the molecule is COc1cc(-n2c(C3CCOCC3)c([C@@H]3CCC(C)(C(=O)O)OC3)c3nc4[nH]ncc4cc32)ccc1F. The first-order chi connectivity index (χ1) is 17.9. The highest BCUT2D eigenvalue weighted by Crippen LogP contribution is 2.45. The highest BCUT2D eigenvalue weighted by atomic mass is 19.1. The Hall–Kier alpha value is -3.50. The van der Waals surface area contributed by atoms with E-state index in [2.05, 4.69) is 14.8 Å². The molecule has 2 aliphatic heterocycles. The molecule has 4 aromatic rings. The Labute approximate surface area is 212 Å². The number of methoxy groups -OCH3 is 1. The van der Waals surface area contributed by atoms with Crippen molar-refractivity contribution in [3.8, 4) is 11.4 Å². The molecule has 9 nitrogen and oxygen atoms in total. The van der Waals surface area contributed by atoms with Crippen LogP contribution in [0.3, 0.4) is 0 Å². The van der Waals surface area contributed by atoms with E-state index in [-0.39, 0.29) is 24.2 Å². The number of pyridine rings is 1. The Morgan fingerprint density at radius 3 is 2.76 bits per heavy atom. The van der Waals surface area contributed by atoms with Gasteiger partial charge in [-0.3, -0.25) is 5.10 Å². The Morgan fingerprint density at radius 2 is 2.05 bits per heavy atom. The smallest absolute Gasteiger partial charge is 0.335 e. The predicted octanol–water partition coefficient (Wildman–Crippen LogP) is 4.68. The summed E-state index contributed by atoms with van der Waals surface area (Å²) in [5, 5.41) is 17.7. The fraction of sp³-hybridized carbons (Fsp3) is 0.444. The van der Waals surface area contributed by atoms with E-state index in [9.17, 15) is 14.3 Å². The summed E-state index contributed by atoms with van der Waals surface area (Å²) in [6.45, 7) is 3.20. The van der Waals surface area contributed by atoms with Crippen LogP contribution in [0.15, 0.2) is 30.5 Å². The topological polar surface area (TPSA) is 111 Å². The fourth-order valence-electron chi connectivity index (χ4n) is 5.74. The Morgan fingerprint density at radius 1 is 1.24 bits per heavy atom. The number of benzene rings is 1. The van der Waals surface area contributed by atoms with Crippen molar-refractivity contribution in [2.45, 2.75) is 50.0 Å². The zero-order valence-corrected chi connectivity index (χ0v) is 20.8. The van der Waals surface area contributed by atoms with Crippen LogP contribution in [0.1, 0.15) is 55.7 Å². The van der Waals surface area contributed by atoms with E-state index in [1.165, 1.54) is 13.2 Å². The van der Waals surface area contributed by atoms with Gasteiger partial charge in [0.2, 0.25) is 0 Å². The number of H-pyrrole nitrogens is 1. The van der Waals surface area contributed by atoms with Crippen molar-refractivity contribution >= 4 is 28.0 Å². The molecule has 0 saturated carbocycles. The lowest BCUT2D eigenvalue weighted by Gasteiger charge is -2.35. The van der Waals surface area contributed by atoms with Gasteiger partial charge in [0, 0.05) is 53.4 Å². The van der Waals surface area contributed by atoms with E-state index in [1.54, 1.807) is 25.3 Å². The number of halogens is 1. The molecule has 0 amide bonds. The number of nitrogens with zero attached hydrogens (tertiary/aromatic N) is 3. The van der Waals surface area contributed by atoms with Crippen LogP contribution in [0.2, 0.25) is 0 Å². The van der Waals surface area contributed by atoms with Crippen molar-refractivity contribution in [1.82, 2.24) is 19.7 Å². The van der Waals surface area contributed by atoms with E-state index < -0.39 is 17.4 Å². The van der Waals surface area contributed by atoms with E-state index >= 15 is 0 Å². The zero-order valence-electron chi connectivity index (χ0n) is 20.8. The standard InChI is InChI=1S/C27H29FN4O5/c1-27(26(33)34)8-5-16(14-37-27)22-23-20(11-17-13-29-31-25(17)30-23)32(24(22)15-6-9-36-10-7-15)18-3-4-19(28)21(12-18)35-2/h3-4,11-13,15-16H,5-10,14H2,1-2H3,(H,33,34)(H,29,30,31)/t16-,27?/m1/s1. The van der Waals surface area contributed by atoms with E-state index in [4.69, 9.17) is 19.2 Å². The molecular formula is C27H29FN4O5. The summed E-state index contributed by atoms with van der Waals surface area (Å²) in [5.41, 5.74) is 4.07. The van der Waals surface area contributed by atoms with Crippen molar-refractivity contribution in [2.75, 3.05) is 26.9 Å². The van der Waals surface area contributed by atoms with Gasteiger partial charge < -0.3 is 23.9 Å². The second-order valence-corrected chi connectivity index (χ2v) is 10.1. The lowest BCUT2D eigenvalue weighted by atomic mass is 9.82. The van der Waals surface area contributed by atoms with Crippen molar-refractivity contribution in [1.29, 1.82) is 0 Å². The van der Waals surface area contributed by atoms with Crippen LogP contribution >= 0.6 is 0 Å². The molecule has 5 heterocycles. The number of ether oxygens (including phenoxy) is 3. The lowest BCUT2D eigenvalue weighted by Crippen LogP contribution is -2.43. The Balaban J connectivity index is 1.61. The van der Waals surface area contributed by atoms with Crippen molar-refractivity contribution < 1.29 is 28.5 Å². The average molecular weight is 509 g/mol. The number of aliphatic carboxylic acids is 1. The van der Waals surface area contributed by atoms with Gasteiger partial charge in [0.1, 0.15) is 0 Å². The van der Waals surface area contributed by atoms with Crippen LogP contribution in [0, 0.1) is 5.82 Å². The number of carbonyl (C=O) groups is 1. The van der Waals surface area contributed by atoms with Crippen molar-refractivity contribution in [3.63, 3.8) is 0 Å². The fourth-order valence-corrected chi connectivity index (χ4v) is 5.74. The van der Waals surface area contributed by atoms with Crippen LogP contribution in [-0.4, -0.2) is 63.4 Å². The van der Waals surface area contributed by atoms with Gasteiger partial charge in [-0.05, 0) is 50.8 Å². The highest BCUT2D eigenvalue weighted by Gasteiger charge is 2.41. The maximum Gasteiger partial charge on any atom is 0.335 e. The molecule has 1 unspecified atom stereocenters. The molecule has 2 aliphatic rings. The number of hydrogen-bond donors (Lipinski definition) is 2.